The zero-order chi connectivity index (χ0) is 17.1. The van der Waals surface area contributed by atoms with Crippen molar-refractivity contribution in [1.29, 1.82) is 0 Å². The molecule has 1 amide bonds. The predicted molar refractivity (Wildman–Crippen MR) is 98.0 cm³/mol. The van der Waals surface area contributed by atoms with Crippen molar-refractivity contribution in [2.24, 2.45) is 5.84 Å². The van der Waals surface area contributed by atoms with Gasteiger partial charge in [0.1, 0.15) is 0 Å². The van der Waals surface area contributed by atoms with E-state index >= 15 is 0 Å². The van der Waals surface area contributed by atoms with E-state index in [9.17, 15) is 4.79 Å². The van der Waals surface area contributed by atoms with Gasteiger partial charge in [-0.2, -0.15) is 0 Å². The molecule has 0 aliphatic rings. The van der Waals surface area contributed by atoms with E-state index < -0.39 is 0 Å². The van der Waals surface area contributed by atoms with E-state index in [1.54, 1.807) is 36.2 Å². The number of carbonyl (C=O) groups is 1. The first kappa shape index (κ1) is 16.6. The molecule has 0 saturated carbocycles. The van der Waals surface area contributed by atoms with Crippen molar-refractivity contribution in [3.05, 3.63) is 48.2 Å². The second kappa shape index (κ2) is 7.08. The number of hydrazine groups is 1. The summed E-state index contributed by atoms with van der Waals surface area (Å²) in [6, 6.07) is 11.0. The first-order valence-electron chi connectivity index (χ1n) is 7.00. The van der Waals surface area contributed by atoms with Gasteiger partial charge in [0.2, 0.25) is 0 Å². The molecule has 0 bridgehead atoms. The van der Waals surface area contributed by atoms with Gasteiger partial charge >= 0.3 is 0 Å². The third-order valence-electron chi connectivity index (χ3n) is 3.34. The van der Waals surface area contributed by atoms with Gasteiger partial charge in [-0.3, -0.25) is 10.2 Å². The third-order valence-corrected chi connectivity index (χ3v) is 4.91. The highest BCUT2D eigenvalue weighted by molar-refractivity contribution is 7.99. The average molecular weight is 357 g/mol. The van der Waals surface area contributed by atoms with E-state index in [4.69, 9.17) is 11.6 Å². The largest absolute Gasteiger partial charge is 0.397 e. The molecular formula is C16H15N5OS2. The van der Waals surface area contributed by atoms with Crippen molar-refractivity contribution in [1.82, 2.24) is 15.4 Å². The molecule has 2 aromatic carbocycles. The Morgan fingerprint density at radius 1 is 1.21 bits per heavy atom. The van der Waals surface area contributed by atoms with Crippen LogP contribution in [0.1, 0.15) is 10.4 Å². The Balaban J connectivity index is 1.93. The maximum absolute atomic E-state index is 11.6. The van der Waals surface area contributed by atoms with Crippen LogP contribution >= 0.6 is 23.5 Å². The van der Waals surface area contributed by atoms with Gasteiger partial charge in [0.25, 0.3) is 5.91 Å². The molecule has 0 fully saturated rings. The number of nitrogens with zero attached hydrogens (tertiary/aromatic N) is 2. The summed E-state index contributed by atoms with van der Waals surface area (Å²) in [4.78, 5) is 22.4. The van der Waals surface area contributed by atoms with Gasteiger partial charge in [0.15, 0.2) is 5.16 Å². The second-order valence-corrected chi connectivity index (χ2v) is 6.83. The highest BCUT2D eigenvalue weighted by Gasteiger charge is 2.09. The van der Waals surface area contributed by atoms with E-state index in [1.165, 1.54) is 11.8 Å². The number of fused-ring (bicyclic) bond motifs is 1. The van der Waals surface area contributed by atoms with Crippen LogP contribution in [0.5, 0.6) is 0 Å². The number of thioether (sulfide) groups is 1. The van der Waals surface area contributed by atoms with Crippen molar-refractivity contribution < 1.29 is 4.79 Å². The fourth-order valence-electron chi connectivity index (χ4n) is 2.18. The smallest absolute Gasteiger partial charge is 0.265 e. The fraction of sp³-hybridized carbons (Fsp3) is 0.0625. The molecule has 8 heteroatoms. The molecule has 122 valence electrons. The Bertz CT molecular complexity index is 916. The highest BCUT2D eigenvalue weighted by atomic mass is 32.2. The lowest BCUT2D eigenvalue weighted by atomic mass is 10.2. The lowest BCUT2D eigenvalue weighted by Gasteiger charge is -2.07. The van der Waals surface area contributed by atoms with Gasteiger partial charge in [-0.05, 0) is 48.3 Å². The molecule has 6 nitrogen and oxygen atoms in total. The molecule has 1 heterocycles. The number of amides is 1. The number of aromatic nitrogens is 2. The molecule has 0 spiro atoms. The molecule has 1 aromatic heterocycles. The number of nitrogens with one attached hydrogen (secondary N) is 1. The topological polar surface area (TPSA) is 107 Å². The summed E-state index contributed by atoms with van der Waals surface area (Å²) in [5.41, 5.74) is 10.0. The van der Waals surface area contributed by atoms with Gasteiger partial charge in [-0.25, -0.2) is 15.8 Å². The first-order chi connectivity index (χ1) is 11.6. The predicted octanol–water partition coefficient (Wildman–Crippen LogP) is 2.69. The molecule has 0 unspecified atom stereocenters. The number of nitrogens with two attached hydrogens (primary N) is 2. The number of hydrogen-bond donors (Lipinski definition) is 3. The lowest BCUT2D eigenvalue weighted by Crippen LogP contribution is -2.29. The summed E-state index contributed by atoms with van der Waals surface area (Å²) >= 11 is 2.98. The maximum Gasteiger partial charge on any atom is 0.265 e. The summed E-state index contributed by atoms with van der Waals surface area (Å²) in [6.45, 7) is 0. The third kappa shape index (κ3) is 3.45. The van der Waals surface area contributed by atoms with E-state index in [2.05, 4.69) is 15.4 Å². The molecule has 0 aliphatic carbocycles. The Morgan fingerprint density at radius 2 is 2.04 bits per heavy atom. The van der Waals surface area contributed by atoms with Crippen LogP contribution in [0.25, 0.3) is 10.9 Å². The Labute approximate surface area is 147 Å². The first-order valence-corrected chi connectivity index (χ1v) is 9.04. The number of benzene rings is 2. The summed E-state index contributed by atoms with van der Waals surface area (Å²) in [7, 11) is 0. The SMILES string of the molecule is CSc1cc(N)c2nc(Sc3cccc(C(=O)NN)c3)ncc2c1. The monoisotopic (exact) mass is 357 g/mol. The normalized spacial score (nSPS) is 10.8. The molecule has 5 N–H and O–H groups in total. The van der Waals surface area contributed by atoms with Gasteiger partial charge < -0.3 is 5.73 Å². The van der Waals surface area contributed by atoms with Crippen molar-refractivity contribution in [3.63, 3.8) is 0 Å². The van der Waals surface area contributed by atoms with Crippen LogP contribution in [0.3, 0.4) is 0 Å². The van der Waals surface area contributed by atoms with Crippen molar-refractivity contribution >= 4 is 46.0 Å². The van der Waals surface area contributed by atoms with Crippen molar-refractivity contribution in [2.45, 2.75) is 14.9 Å². The molecule has 0 radical (unpaired) electrons. The van der Waals surface area contributed by atoms with Gasteiger partial charge in [0.05, 0.1) is 11.2 Å². The molecule has 0 saturated heterocycles. The van der Waals surface area contributed by atoms with Crippen LogP contribution < -0.4 is 17.0 Å². The quantitative estimate of drug-likeness (QED) is 0.165. The summed E-state index contributed by atoms with van der Waals surface area (Å²) in [6.07, 6.45) is 3.76. The Morgan fingerprint density at radius 3 is 2.79 bits per heavy atom. The van der Waals surface area contributed by atoms with E-state index in [-0.39, 0.29) is 5.91 Å². The van der Waals surface area contributed by atoms with Crippen LogP contribution in [0.4, 0.5) is 5.69 Å². The zero-order valence-electron chi connectivity index (χ0n) is 12.8. The van der Waals surface area contributed by atoms with Crippen LogP contribution in [-0.4, -0.2) is 22.1 Å². The summed E-state index contributed by atoms with van der Waals surface area (Å²) in [5.74, 6) is 4.82. The lowest BCUT2D eigenvalue weighted by molar-refractivity contribution is 0.0953. The van der Waals surface area contributed by atoms with Crippen LogP contribution in [-0.2, 0) is 0 Å². The van der Waals surface area contributed by atoms with Gasteiger partial charge in [-0.1, -0.05) is 6.07 Å². The van der Waals surface area contributed by atoms with Gasteiger partial charge in [-0.15, -0.1) is 11.8 Å². The van der Waals surface area contributed by atoms with E-state index in [1.807, 2.05) is 24.5 Å². The molecule has 3 aromatic rings. The van der Waals surface area contributed by atoms with Crippen LogP contribution in [0.15, 0.2) is 57.5 Å². The number of carbonyl (C=O) groups excluding carboxylic acids is 1. The highest BCUT2D eigenvalue weighted by Crippen LogP contribution is 2.30. The molecule has 0 atom stereocenters. The summed E-state index contributed by atoms with van der Waals surface area (Å²) in [5, 5.41) is 1.47. The summed E-state index contributed by atoms with van der Waals surface area (Å²) < 4.78 is 0. The van der Waals surface area contributed by atoms with Crippen molar-refractivity contribution in [3.8, 4) is 0 Å². The number of anilines is 1. The van der Waals surface area contributed by atoms with Crippen LogP contribution in [0, 0.1) is 0 Å². The molecule has 0 aliphatic heterocycles. The standard InChI is InChI=1S/C16H15N5OS2/c1-23-12-6-10-8-19-16(20-14(10)13(17)7-12)24-11-4-2-3-9(5-11)15(22)21-18/h2-8H,17-18H2,1H3,(H,21,22). The minimum Gasteiger partial charge on any atom is -0.397 e. The molecule has 3 rings (SSSR count). The zero-order valence-corrected chi connectivity index (χ0v) is 14.4. The average Bonchev–Trinajstić information content (AvgIpc) is 2.61. The number of rotatable bonds is 4. The van der Waals surface area contributed by atoms with Gasteiger partial charge in [0, 0.05) is 26.9 Å². The number of hydrogen-bond acceptors (Lipinski definition) is 7. The molecular weight excluding hydrogens is 342 g/mol. The van der Waals surface area contributed by atoms with Crippen LogP contribution in [0.2, 0.25) is 0 Å². The minimum absolute atomic E-state index is 0.342. The maximum atomic E-state index is 11.6. The fourth-order valence-corrected chi connectivity index (χ4v) is 3.46. The minimum atomic E-state index is -0.342. The van der Waals surface area contributed by atoms with E-state index in [0.717, 1.165) is 20.7 Å². The molecule has 24 heavy (non-hydrogen) atoms. The second-order valence-electron chi connectivity index (χ2n) is 4.91. The Hall–Kier alpha value is -2.29. The Kier molecular flexibility index (Phi) is 4.89. The van der Waals surface area contributed by atoms with E-state index in [0.29, 0.717) is 16.4 Å². The van der Waals surface area contributed by atoms with Crippen molar-refractivity contribution in [2.75, 3.05) is 12.0 Å². The number of nitrogen functional groups attached to an aromatic ring is 2.